The monoisotopic (exact) mass is 140 g/mol. The Bertz CT molecular complexity index is 76.4. The van der Waals surface area contributed by atoms with E-state index in [2.05, 4.69) is 0 Å². The van der Waals surface area contributed by atoms with Gasteiger partial charge in [-0.2, -0.15) is 0 Å². The van der Waals surface area contributed by atoms with E-state index < -0.39 is 24.9 Å². The summed E-state index contributed by atoms with van der Waals surface area (Å²) >= 11 is 0. The van der Waals surface area contributed by atoms with Gasteiger partial charge in [-0.3, -0.25) is 0 Å². The van der Waals surface area contributed by atoms with Crippen LogP contribution in [0.2, 0.25) is 0 Å². The Morgan fingerprint density at radius 2 is 1.56 bits per heavy atom. The fraction of sp³-hybridized carbons (Fsp3) is 1.00. The van der Waals surface area contributed by atoms with Crippen molar-refractivity contribution in [2.45, 2.75) is 19.5 Å². The SMILES string of the molecule is CC(C)C(F)(CF)CF. The van der Waals surface area contributed by atoms with Crippen molar-refractivity contribution < 1.29 is 13.2 Å². The molecular formula is C6H11F3. The third-order valence-corrected chi connectivity index (χ3v) is 1.48. The average Bonchev–Trinajstić information content (AvgIpc) is 1.86. The van der Waals surface area contributed by atoms with Crippen LogP contribution in [0.25, 0.3) is 0 Å². The van der Waals surface area contributed by atoms with E-state index in [0.29, 0.717) is 0 Å². The van der Waals surface area contributed by atoms with Crippen LogP contribution in [-0.4, -0.2) is 19.0 Å². The first kappa shape index (κ1) is 8.79. The zero-order valence-corrected chi connectivity index (χ0v) is 5.63. The normalized spacial score (nSPS) is 12.7. The van der Waals surface area contributed by atoms with E-state index in [0.717, 1.165) is 0 Å². The average molecular weight is 140 g/mol. The maximum absolute atomic E-state index is 12.6. The quantitative estimate of drug-likeness (QED) is 0.564. The number of hydrogen-bond acceptors (Lipinski definition) is 0. The highest BCUT2D eigenvalue weighted by Gasteiger charge is 2.33. The van der Waals surface area contributed by atoms with Gasteiger partial charge in [-0.15, -0.1) is 0 Å². The van der Waals surface area contributed by atoms with Crippen LogP contribution in [0.4, 0.5) is 13.2 Å². The molecule has 0 nitrogen and oxygen atoms in total. The molecule has 0 bridgehead atoms. The van der Waals surface area contributed by atoms with E-state index in [4.69, 9.17) is 0 Å². The van der Waals surface area contributed by atoms with Gasteiger partial charge in [0, 0.05) is 0 Å². The molecule has 9 heavy (non-hydrogen) atoms. The lowest BCUT2D eigenvalue weighted by Gasteiger charge is -2.21. The molecule has 0 spiro atoms. The van der Waals surface area contributed by atoms with Crippen LogP contribution < -0.4 is 0 Å². The minimum absolute atomic E-state index is 0.590. The summed E-state index contributed by atoms with van der Waals surface area (Å²) in [5.41, 5.74) is -2.25. The van der Waals surface area contributed by atoms with E-state index in [1.165, 1.54) is 13.8 Å². The minimum atomic E-state index is -2.25. The van der Waals surface area contributed by atoms with Gasteiger partial charge >= 0.3 is 0 Å². The van der Waals surface area contributed by atoms with E-state index in [-0.39, 0.29) is 0 Å². The van der Waals surface area contributed by atoms with Crippen molar-refractivity contribution in [1.29, 1.82) is 0 Å². The highest BCUT2D eigenvalue weighted by molar-refractivity contribution is 4.80. The molecule has 0 N–H and O–H groups in total. The molecule has 56 valence electrons. The zero-order valence-electron chi connectivity index (χ0n) is 5.63. The molecule has 0 aromatic rings. The predicted molar refractivity (Wildman–Crippen MR) is 30.6 cm³/mol. The molecule has 0 aliphatic heterocycles. The Morgan fingerprint density at radius 3 is 1.56 bits per heavy atom. The van der Waals surface area contributed by atoms with Gasteiger partial charge in [0.2, 0.25) is 0 Å². The summed E-state index contributed by atoms with van der Waals surface area (Å²) < 4.78 is 36.0. The summed E-state index contributed by atoms with van der Waals surface area (Å²) in [6, 6.07) is 0. The second-order valence-electron chi connectivity index (χ2n) is 2.46. The molecule has 0 unspecified atom stereocenters. The summed E-state index contributed by atoms with van der Waals surface area (Å²) in [4.78, 5) is 0. The maximum atomic E-state index is 12.6. The molecule has 0 atom stereocenters. The topological polar surface area (TPSA) is 0 Å². The van der Waals surface area contributed by atoms with Crippen molar-refractivity contribution in [3.63, 3.8) is 0 Å². The summed E-state index contributed by atoms with van der Waals surface area (Å²) in [6.45, 7) is 0.445. The van der Waals surface area contributed by atoms with Crippen molar-refractivity contribution in [2.24, 2.45) is 5.92 Å². The number of halogens is 3. The number of rotatable bonds is 3. The van der Waals surface area contributed by atoms with Gasteiger partial charge < -0.3 is 0 Å². The smallest absolute Gasteiger partial charge is 0.169 e. The van der Waals surface area contributed by atoms with Crippen molar-refractivity contribution in [2.75, 3.05) is 13.3 Å². The van der Waals surface area contributed by atoms with Crippen molar-refractivity contribution in [1.82, 2.24) is 0 Å². The van der Waals surface area contributed by atoms with Gasteiger partial charge in [0.25, 0.3) is 0 Å². The molecular weight excluding hydrogens is 129 g/mol. The highest BCUT2D eigenvalue weighted by atomic mass is 19.2. The minimum Gasteiger partial charge on any atom is -0.247 e. The summed E-state index contributed by atoms with van der Waals surface area (Å²) in [5, 5.41) is 0. The third kappa shape index (κ3) is 1.88. The van der Waals surface area contributed by atoms with E-state index in [1.807, 2.05) is 0 Å². The Balaban J connectivity index is 3.92. The largest absolute Gasteiger partial charge is 0.247 e. The van der Waals surface area contributed by atoms with Crippen molar-refractivity contribution in [3.05, 3.63) is 0 Å². The Hall–Kier alpha value is -0.210. The molecule has 0 fully saturated rings. The standard InChI is InChI=1S/C6H11F3/c1-5(2)6(9,3-7)4-8/h5H,3-4H2,1-2H3. The second-order valence-corrected chi connectivity index (χ2v) is 2.46. The Kier molecular flexibility index (Phi) is 3.01. The van der Waals surface area contributed by atoms with Crippen LogP contribution in [0.1, 0.15) is 13.8 Å². The van der Waals surface area contributed by atoms with Gasteiger partial charge in [-0.05, 0) is 5.92 Å². The van der Waals surface area contributed by atoms with Crippen LogP contribution in [0.5, 0.6) is 0 Å². The number of alkyl halides is 3. The van der Waals surface area contributed by atoms with E-state index >= 15 is 0 Å². The molecule has 0 amide bonds. The first-order chi connectivity index (χ1) is 4.06. The van der Waals surface area contributed by atoms with Crippen LogP contribution in [-0.2, 0) is 0 Å². The molecule has 0 aromatic carbocycles. The lowest BCUT2D eigenvalue weighted by Crippen LogP contribution is -2.34. The van der Waals surface area contributed by atoms with Gasteiger partial charge in [-0.25, -0.2) is 13.2 Å². The Morgan fingerprint density at radius 1 is 1.22 bits per heavy atom. The van der Waals surface area contributed by atoms with Crippen LogP contribution in [0.3, 0.4) is 0 Å². The molecule has 0 radical (unpaired) electrons. The van der Waals surface area contributed by atoms with E-state index in [9.17, 15) is 13.2 Å². The first-order valence-electron chi connectivity index (χ1n) is 2.87. The molecule has 0 aliphatic rings. The Labute approximate surface area is 53.1 Å². The first-order valence-corrected chi connectivity index (χ1v) is 2.87. The van der Waals surface area contributed by atoms with Crippen LogP contribution >= 0.6 is 0 Å². The maximum Gasteiger partial charge on any atom is 0.169 e. The zero-order chi connectivity index (χ0) is 7.49. The number of hydrogen-bond donors (Lipinski definition) is 0. The van der Waals surface area contributed by atoms with Crippen LogP contribution in [0.15, 0.2) is 0 Å². The van der Waals surface area contributed by atoms with Crippen LogP contribution in [0, 0.1) is 5.92 Å². The summed E-state index contributed by atoms with van der Waals surface area (Å²) in [6.07, 6.45) is 0. The van der Waals surface area contributed by atoms with Gasteiger partial charge in [-0.1, -0.05) is 13.8 Å². The van der Waals surface area contributed by atoms with Gasteiger partial charge in [0.15, 0.2) is 5.67 Å². The molecule has 0 saturated carbocycles. The lowest BCUT2D eigenvalue weighted by molar-refractivity contribution is 0.0400. The molecule has 3 heteroatoms. The fourth-order valence-electron chi connectivity index (χ4n) is 0.344. The third-order valence-electron chi connectivity index (χ3n) is 1.48. The predicted octanol–water partition coefficient (Wildman–Crippen LogP) is 2.29. The molecule has 0 aromatic heterocycles. The summed E-state index contributed by atoms with van der Waals surface area (Å²) in [7, 11) is 0. The molecule has 0 heterocycles. The highest BCUT2D eigenvalue weighted by Crippen LogP contribution is 2.22. The second kappa shape index (κ2) is 3.08. The van der Waals surface area contributed by atoms with Gasteiger partial charge in [0.1, 0.15) is 13.3 Å². The lowest BCUT2D eigenvalue weighted by atomic mass is 9.95. The van der Waals surface area contributed by atoms with E-state index in [1.54, 1.807) is 0 Å². The van der Waals surface area contributed by atoms with Crippen molar-refractivity contribution >= 4 is 0 Å². The molecule has 0 rings (SSSR count). The summed E-state index contributed by atoms with van der Waals surface area (Å²) in [5.74, 6) is -0.590. The fourth-order valence-corrected chi connectivity index (χ4v) is 0.344. The van der Waals surface area contributed by atoms with Crippen molar-refractivity contribution in [3.8, 4) is 0 Å². The molecule has 0 aliphatic carbocycles. The van der Waals surface area contributed by atoms with Gasteiger partial charge in [0.05, 0.1) is 0 Å². The molecule has 0 saturated heterocycles.